The second-order valence-electron chi connectivity index (χ2n) is 7.84. The van der Waals surface area contributed by atoms with Crippen molar-refractivity contribution >= 4 is 23.1 Å². The topological polar surface area (TPSA) is 103 Å². The fourth-order valence-electron chi connectivity index (χ4n) is 4.32. The molecule has 162 valence electrons. The minimum Gasteiger partial charge on any atom is -0.458 e. The van der Waals surface area contributed by atoms with Crippen LogP contribution in [0, 0.1) is 0 Å². The van der Waals surface area contributed by atoms with E-state index < -0.39 is 11.6 Å². The lowest BCUT2D eigenvalue weighted by atomic mass is 9.86. The molecule has 0 amide bonds. The number of hydrogen-bond acceptors (Lipinski definition) is 7. The number of hydrogen-bond donors (Lipinski definition) is 1. The molecule has 2 aliphatic heterocycles. The van der Waals surface area contributed by atoms with Crippen molar-refractivity contribution in [3.63, 3.8) is 0 Å². The summed E-state index contributed by atoms with van der Waals surface area (Å²) in [5.41, 5.74) is 2.06. The second-order valence-corrected chi connectivity index (χ2v) is 7.84. The molecule has 4 heterocycles. The molecule has 2 aromatic heterocycles. The number of ether oxygens (including phenoxy) is 1. The molecule has 0 bridgehead atoms. The third-order valence-electron chi connectivity index (χ3n) is 6.03. The number of rotatable bonds is 5. The Labute approximate surface area is 183 Å². The molecule has 0 saturated heterocycles. The molecule has 1 N–H and O–H groups in total. The predicted molar refractivity (Wildman–Crippen MR) is 118 cm³/mol. The number of para-hydroxylation sites is 1. The van der Waals surface area contributed by atoms with Gasteiger partial charge in [-0.05, 0) is 18.6 Å². The highest BCUT2D eigenvalue weighted by molar-refractivity contribution is 5.98. The van der Waals surface area contributed by atoms with Crippen LogP contribution in [-0.2, 0) is 33.1 Å². The lowest BCUT2D eigenvalue weighted by Crippen LogP contribution is -2.44. The number of carbonyl (C=O) groups is 1. The molecular weight excluding hydrogens is 410 g/mol. The van der Waals surface area contributed by atoms with Crippen LogP contribution in [0.5, 0.6) is 0 Å². The molecule has 1 aromatic carbocycles. The number of fused-ring (bicyclic) bond motifs is 5. The molecule has 3 aromatic rings. The molecule has 0 saturated carbocycles. The molecule has 0 aliphatic carbocycles. The number of aromatic nitrogens is 2. The lowest BCUT2D eigenvalue weighted by molar-refractivity contribution is -0.172. The molecule has 0 radical (unpaired) electrons. The fraction of sp³-hybridized carbons (Fsp3) is 0.250. The molecule has 5 rings (SSSR count). The van der Waals surface area contributed by atoms with Gasteiger partial charge in [-0.2, -0.15) is 0 Å². The van der Waals surface area contributed by atoms with Gasteiger partial charge in [0.15, 0.2) is 5.60 Å². The number of aliphatic hydroxyl groups is 1. The first kappa shape index (κ1) is 20.1. The average Bonchev–Trinajstić information content (AvgIpc) is 3.16. The molecule has 8 heteroatoms. The number of esters is 1. The van der Waals surface area contributed by atoms with Gasteiger partial charge in [0.25, 0.3) is 5.56 Å². The summed E-state index contributed by atoms with van der Waals surface area (Å²) in [4.78, 5) is 35.5. The number of cyclic esters (lactones) is 1. The number of benzene rings is 1. The van der Waals surface area contributed by atoms with Crippen molar-refractivity contribution in [2.75, 3.05) is 6.61 Å². The van der Waals surface area contributed by atoms with E-state index >= 15 is 0 Å². The zero-order valence-electron chi connectivity index (χ0n) is 17.5. The second kappa shape index (κ2) is 7.42. The first-order valence-electron chi connectivity index (χ1n) is 10.3. The smallest absolute Gasteiger partial charge is 0.343 e. The van der Waals surface area contributed by atoms with E-state index in [2.05, 4.69) is 11.7 Å². The Kier molecular flexibility index (Phi) is 4.67. The zero-order chi connectivity index (χ0) is 22.5. The maximum Gasteiger partial charge on any atom is 0.343 e. The van der Waals surface area contributed by atoms with Crippen molar-refractivity contribution in [3.05, 3.63) is 75.6 Å². The molecule has 1 atom stereocenters. The van der Waals surface area contributed by atoms with Gasteiger partial charge in [0, 0.05) is 22.1 Å². The van der Waals surface area contributed by atoms with Gasteiger partial charge < -0.3 is 19.2 Å². The summed E-state index contributed by atoms with van der Waals surface area (Å²) in [6.07, 6.45) is 3.30. The molecule has 0 unspecified atom stereocenters. The number of nitrogens with zero attached hydrogens (tertiary/aromatic N) is 3. The van der Waals surface area contributed by atoms with Crippen LogP contribution >= 0.6 is 0 Å². The molecule has 2 aliphatic rings. The Balaban J connectivity index is 1.69. The summed E-state index contributed by atoms with van der Waals surface area (Å²) in [6.45, 7) is 5.78. The van der Waals surface area contributed by atoms with E-state index in [1.807, 2.05) is 24.3 Å². The van der Waals surface area contributed by atoms with E-state index in [1.54, 1.807) is 29.8 Å². The minimum absolute atomic E-state index is 0.102. The van der Waals surface area contributed by atoms with Gasteiger partial charge in [0.2, 0.25) is 0 Å². The summed E-state index contributed by atoms with van der Waals surface area (Å²) in [6, 6.07) is 9.43. The van der Waals surface area contributed by atoms with E-state index in [-0.39, 0.29) is 18.6 Å². The lowest BCUT2D eigenvalue weighted by Gasteiger charge is -2.31. The summed E-state index contributed by atoms with van der Waals surface area (Å²) < 4.78 is 6.73. The van der Waals surface area contributed by atoms with Gasteiger partial charge in [0.05, 0.1) is 35.2 Å². The van der Waals surface area contributed by atoms with Crippen LogP contribution in [0.25, 0.3) is 22.3 Å². The Morgan fingerprint density at radius 1 is 1.38 bits per heavy atom. The highest BCUT2D eigenvalue weighted by Gasteiger charge is 2.45. The van der Waals surface area contributed by atoms with Crippen LogP contribution in [0.3, 0.4) is 0 Å². The Morgan fingerprint density at radius 3 is 3.00 bits per heavy atom. The zero-order valence-corrected chi connectivity index (χ0v) is 17.5. The first-order valence-corrected chi connectivity index (χ1v) is 10.3. The monoisotopic (exact) mass is 431 g/mol. The van der Waals surface area contributed by atoms with Gasteiger partial charge in [-0.1, -0.05) is 42.9 Å². The quantitative estimate of drug-likeness (QED) is 0.171. The van der Waals surface area contributed by atoms with Crippen LogP contribution in [-0.4, -0.2) is 33.4 Å². The molecule has 0 fully saturated rings. The normalized spacial score (nSPS) is 18.9. The summed E-state index contributed by atoms with van der Waals surface area (Å²) in [5.74, 6) is -0.737. The summed E-state index contributed by atoms with van der Waals surface area (Å²) >= 11 is 0. The van der Waals surface area contributed by atoms with Gasteiger partial charge in [0.1, 0.15) is 13.2 Å². The Hall–Kier alpha value is -3.78. The Morgan fingerprint density at radius 2 is 2.22 bits per heavy atom. The van der Waals surface area contributed by atoms with Crippen LogP contribution < -0.4 is 5.56 Å². The molecular formula is C24H21N3O5. The third kappa shape index (κ3) is 2.87. The van der Waals surface area contributed by atoms with Gasteiger partial charge in [-0.15, -0.1) is 0 Å². The standard InChI is InChI=1S/C24H21N3O5/c1-3-8-32-25-11-15-7-5-6-14-9-16-12-27-19(21(16)26-20(14)15)10-18-17(22(27)28)13-31-23(29)24(18,30)4-2/h3,5-7,9-11,30H,1,4,8,12-13H2,2H3/b25-11+/t24-/m0/s1. The van der Waals surface area contributed by atoms with Gasteiger partial charge in [-0.3, -0.25) is 4.79 Å². The van der Waals surface area contributed by atoms with E-state index in [0.29, 0.717) is 41.2 Å². The van der Waals surface area contributed by atoms with E-state index in [9.17, 15) is 14.7 Å². The summed E-state index contributed by atoms with van der Waals surface area (Å²) in [7, 11) is 0. The van der Waals surface area contributed by atoms with E-state index in [1.165, 1.54) is 0 Å². The highest BCUT2D eigenvalue weighted by atomic mass is 16.6. The number of carbonyl (C=O) groups excluding carboxylic acids is 1. The third-order valence-corrected chi connectivity index (χ3v) is 6.03. The fourth-order valence-corrected chi connectivity index (χ4v) is 4.32. The maximum absolute atomic E-state index is 13.2. The van der Waals surface area contributed by atoms with Crippen molar-refractivity contribution in [1.29, 1.82) is 0 Å². The molecule has 32 heavy (non-hydrogen) atoms. The highest BCUT2D eigenvalue weighted by Crippen LogP contribution is 2.38. The Bertz CT molecular complexity index is 1370. The SMILES string of the molecule is C=CCO/N=C/c1cccc2cc3c(nc12)-c1cc2c(c(=O)n1C3)COC(=O)[C@]2(O)CC. The minimum atomic E-state index is -1.84. The largest absolute Gasteiger partial charge is 0.458 e. The van der Waals surface area contributed by atoms with Crippen molar-refractivity contribution < 1.29 is 19.5 Å². The van der Waals surface area contributed by atoms with Crippen LogP contribution in [0.1, 0.15) is 35.6 Å². The summed E-state index contributed by atoms with van der Waals surface area (Å²) in [5, 5.41) is 15.8. The maximum atomic E-state index is 13.2. The number of pyridine rings is 2. The first-order chi connectivity index (χ1) is 15.5. The average molecular weight is 431 g/mol. The van der Waals surface area contributed by atoms with Crippen molar-refractivity contribution in [2.45, 2.75) is 32.1 Å². The van der Waals surface area contributed by atoms with Gasteiger partial charge in [-0.25, -0.2) is 9.78 Å². The van der Waals surface area contributed by atoms with Crippen LogP contribution in [0.2, 0.25) is 0 Å². The van der Waals surface area contributed by atoms with Crippen molar-refractivity contribution in [2.24, 2.45) is 5.16 Å². The number of oxime groups is 1. The van der Waals surface area contributed by atoms with Gasteiger partial charge >= 0.3 is 5.97 Å². The van der Waals surface area contributed by atoms with Crippen LogP contribution in [0.4, 0.5) is 0 Å². The van der Waals surface area contributed by atoms with E-state index in [0.717, 1.165) is 16.5 Å². The predicted octanol–water partition coefficient (Wildman–Crippen LogP) is 2.62. The van der Waals surface area contributed by atoms with Crippen molar-refractivity contribution in [1.82, 2.24) is 9.55 Å². The van der Waals surface area contributed by atoms with Crippen molar-refractivity contribution in [3.8, 4) is 11.4 Å². The van der Waals surface area contributed by atoms with Crippen LogP contribution in [0.15, 0.2) is 52.9 Å². The van der Waals surface area contributed by atoms with E-state index in [4.69, 9.17) is 14.6 Å². The molecule has 8 nitrogen and oxygen atoms in total. The molecule has 0 spiro atoms.